The summed E-state index contributed by atoms with van der Waals surface area (Å²) >= 11 is 0. The number of para-hydroxylation sites is 1. The molecule has 0 saturated heterocycles. The van der Waals surface area contributed by atoms with Crippen molar-refractivity contribution in [1.82, 2.24) is 19.9 Å². The van der Waals surface area contributed by atoms with E-state index < -0.39 is 17.6 Å². The maximum atomic E-state index is 14.3. The van der Waals surface area contributed by atoms with Crippen molar-refractivity contribution in [2.75, 3.05) is 19.0 Å². The maximum absolute atomic E-state index is 14.3. The van der Waals surface area contributed by atoms with Crippen molar-refractivity contribution in [1.29, 1.82) is 0 Å². The van der Waals surface area contributed by atoms with E-state index in [0.29, 0.717) is 28.0 Å². The molecule has 168 valence electrons. The Morgan fingerprint density at radius 3 is 2.52 bits per heavy atom. The highest BCUT2D eigenvalue weighted by Gasteiger charge is 2.21. The van der Waals surface area contributed by atoms with Crippen LogP contribution < -0.4 is 10.1 Å². The molecule has 1 N–H and O–H groups in total. The summed E-state index contributed by atoms with van der Waals surface area (Å²) in [5.74, 6) is -0.589. The third-order valence-electron chi connectivity index (χ3n) is 5.09. The highest BCUT2D eigenvalue weighted by atomic mass is 19.1. The number of fused-ring (bicyclic) bond motifs is 1. The minimum absolute atomic E-state index is 0.0613. The molecule has 4 aromatic rings. The Morgan fingerprint density at radius 2 is 1.76 bits per heavy atom. The highest BCUT2D eigenvalue weighted by Crippen LogP contribution is 2.16. The van der Waals surface area contributed by atoms with Gasteiger partial charge in [-0.1, -0.05) is 35.5 Å². The minimum atomic E-state index is -0.447. The van der Waals surface area contributed by atoms with Crippen molar-refractivity contribution in [3.05, 3.63) is 84.2 Å². The molecule has 0 radical (unpaired) electrons. The number of benzene rings is 3. The van der Waals surface area contributed by atoms with Crippen molar-refractivity contribution in [3.8, 4) is 5.75 Å². The fourth-order valence-corrected chi connectivity index (χ4v) is 3.37. The predicted molar refractivity (Wildman–Crippen MR) is 121 cm³/mol. The number of hydrogen-bond donors (Lipinski definition) is 1. The van der Waals surface area contributed by atoms with Gasteiger partial charge in [-0.3, -0.25) is 9.59 Å². The van der Waals surface area contributed by atoms with Gasteiger partial charge in [-0.2, -0.15) is 0 Å². The first-order valence-electron chi connectivity index (χ1n) is 10.3. The van der Waals surface area contributed by atoms with Gasteiger partial charge in [-0.05, 0) is 42.5 Å². The second kappa shape index (κ2) is 9.90. The molecule has 33 heavy (non-hydrogen) atoms. The Balaban J connectivity index is 1.52. The lowest BCUT2D eigenvalue weighted by molar-refractivity contribution is -0.136. The minimum Gasteiger partial charge on any atom is -0.497 e. The number of carbonyl (C=O) groups is 2. The summed E-state index contributed by atoms with van der Waals surface area (Å²) in [6, 6.07) is 20.2. The lowest BCUT2D eigenvalue weighted by Crippen LogP contribution is -2.39. The summed E-state index contributed by atoms with van der Waals surface area (Å²) in [6.45, 7) is -0.454. The normalized spacial score (nSPS) is 10.7. The smallest absolute Gasteiger partial charge is 0.245 e. The third-order valence-corrected chi connectivity index (χ3v) is 5.09. The molecule has 0 atom stereocenters. The zero-order valence-electron chi connectivity index (χ0n) is 17.9. The van der Waals surface area contributed by atoms with Crippen molar-refractivity contribution < 1.29 is 18.7 Å². The van der Waals surface area contributed by atoms with Crippen LogP contribution >= 0.6 is 0 Å². The van der Waals surface area contributed by atoms with Crippen LogP contribution in [0.5, 0.6) is 5.75 Å². The summed E-state index contributed by atoms with van der Waals surface area (Å²) in [7, 11) is 1.55. The van der Waals surface area contributed by atoms with E-state index in [1.165, 1.54) is 15.6 Å². The van der Waals surface area contributed by atoms with Gasteiger partial charge in [0.05, 0.1) is 12.6 Å². The SMILES string of the molecule is COc1ccc(NC(=O)CN(Cc2ccccc2F)C(=O)Cn2nnc3ccccc32)cc1. The Hall–Kier alpha value is -4.27. The van der Waals surface area contributed by atoms with E-state index in [1.807, 2.05) is 12.1 Å². The first-order valence-corrected chi connectivity index (χ1v) is 10.3. The third kappa shape index (κ3) is 5.32. The van der Waals surface area contributed by atoms with Crippen LogP contribution in [-0.2, 0) is 22.7 Å². The molecular weight excluding hydrogens is 425 g/mol. The van der Waals surface area contributed by atoms with E-state index in [0.717, 1.165) is 0 Å². The summed E-state index contributed by atoms with van der Waals surface area (Å²) < 4.78 is 20.9. The fraction of sp³-hybridized carbons (Fsp3) is 0.167. The molecule has 9 heteroatoms. The lowest BCUT2D eigenvalue weighted by atomic mass is 10.2. The molecule has 0 aliphatic heterocycles. The number of anilines is 1. The van der Waals surface area contributed by atoms with Crippen LogP contribution in [0.25, 0.3) is 11.0 Å². The van der Waals surface area contributed by atoms with Crippen LogP contribution in [0.1, 0.15) is 5.56 Å². The number of carbonyl (C=O) groups excluding carboxylic acids is 2. The number of methoxy groups -OCH3 is 1. The van der Waals surface area contributed by atoms with Crippen LogP contribution in [0.3, 0.4) is 0 Å². The summed E-state index contributed by atoms with van der Waals surface area (Å²) in [5.41, 5.74) is 2.22. The van der Waals surface area contributed by atoms with Gasteiger partial charge in [0.1, 0.15) is 30.2 Å². The van der Waals surface area contributed by atoms with Crippen molar-refractivity contribution in [2.45, 2.75) is 13.1 Å². The summed E-state index contributed by atoms with van der Waals surface area (Å²) in [5, 5.41) is 10.8. The van der Waals surface area contributed by atoms with Crippen LogP contribution in [0.4, 0.5) is 10.1 Å². The zero-order chi connectivity index (χ0) is 23.2. The van der Waals surface area contributed by atoms with Gasteiger partial charge in [-0.15, -0.1) is 5.10 Å². The second-order valence-electron chi connectivity index (χ2n) is 7.35. The first kappa shape index (κ1) is 21.9. The molecule has 0 spiro atoms. The lowest BCUT2D eigenvalue weighted by Gasteiger charge is -2.23. The Morgan fingerprint density at radius 1 is 1.03 bits per heavy atom. The molecular formula is C24H22FN5O3. The number of rotatable bonds is 8. The summed E-state index contributed by atoms with van der Waals surface area (Å²) in [4.78, 5) is 27.2. The average molecular weight is 447 g/mol. The molecule has 1 aromatic heterocycles. The number of ether oxygens (including phenoxy) is 1. The molecule has 4 rings (SSSR count). The van der Waals surface area contributed by atoms with Gasteiger partial charge in [0.25, 0.3) is 0 Å². The van der Waals surface area contributed by atoms with Gasteiger partial charge < -0.3 is 15.0 Å². The van der Waals surface area contributed by atoms with Gasteiger partial charge >= 0.3 is 0 Å². The number of halogens is 1. The molecule has 0 saturated carbocycles. The number of hydrogen-bond acceptors (Lipinski definition) is 5. The largest absolute Gasteiger partial charge is 0.497 e. The molecule has 3 aromatic carbocycles. The van der Waals surface area contributed by atoms with Crippen molar-refractivity contribution in [3.63, 3.8) is 0 Å². The number of aromatic nitrogens is 3. The van der Waals surface area contributed by atoms with Crippen molar-refractivity contribution >= 4 is 28.5 Å². The molecule has 0 unspecified atom stereocenters. The zero-order valence-corrected chi connectivity index (χ0v) is 17.9. The van der Waals surface area contributed by atoms with Crippen LogP contribution in [0.2, 0.25) is 0 Å². The molecule has 8 nitrogen and oxygen atoms in total. The van der Waals surface area contributed by atoms with E-state index in [4.69, 9.17) is 4.74 Å². The Kier molecular flexibility index (Phi) is 6.58. The van der Waals surface area contributed by atoms with E-state index >= 15 is 0 Å². The van der Waals surface area contributed by atoms with Crippen LogP contribution in [-0.4, -0.2) is 45.4 Å². The Bertz CT molecular complexity index is 1270. The van der Waals surface area contributed by atoms with Crippen LogP contribution in [0.15, 0.2) is 72.8 Å². The standard InChI is InChI=1S/C24H22FN5O3/c1-33-19-12-10-18(11-13-19)26-23(31)15-29(14-17-6-2-3-7-20(17)25)24(32)16-30-22-9-5-4-8-21(22)27-28-30/h2-13H,14-16H2,1H3,(H,26,31). The van der Waals surface area contributed by atoms with Gasteiger partial charge in [0.15, 0.2) is 0 Å². The highest BCUT2D eigenvalue weighted by molar-refractivity contribution is 5.94. The van der Waals surface area contributed by atoms with Crippen molar-refractivity contribution in [2.24, 2.45) is 0 Å². The second-order valence-corrected chi connectivity index (χ2v) is 7.35. The summed E-state index contributed by atoms with van der Waals surface area (Å²) in [6.07, 6.45) is 0. The van der Waals surface area contributed by atoms with E-state index in [9.17, 15) is 14.0 Å². The molecule has 0 aliphatic carbocycles. The quantitative estimate of drug-likeness (QED) is 0.448. The van der Waals surface area contributed by atoms with Gasteiger partial charge in [-0.25, -0.2) is 9.07 Å². The number of nitrogens with one attached hydrogen (secondary N) is 1. The van der Waals surface area contributed by atoms with E-state index in [1.54, 1.807) is 61.7 Å². The predicted octanol–water partition coefficient (Wildman–Crippen LogP) is 3.25. The number of nitrogens with zero attached hydrogens (tertiary/aromatic N) is 4. The number of amides is 2. The average Bonchev–Trinajstić information content (AvgIpc) is 3.23. The molecule has 1 heterocycles. The monoisotopic (exact) mass is 447 g/mol. The first-order chi connectivity index (χ1) is 16.0. The molecule has 0 fully saturated rings. The van der Waals surface area contributed by atoms with Gasteiger partial charge in [0, 0.05) is 17.8 Å². The Labute approximate surface area is 189 Å². The maximum Gasteiger partial charge on any atom is 0.245 e. The van der Waals surface area contributed by atoms with Gasteiger partial charge in [0.2, 0.25) is 11.8 Å². The molecule has 0 bridgehead atoms. The fourth-order valence-electron chi connectivity index (χ4n) is 3.37. The topological polar surface area (TPSA) is 89.4 Å². The molecule has 0 aliphatic rings. The van der Waals surface area contributed by atoms with E-state index in [2.05, 4.69) is 15.6 Å². The molecule has 2 amide bonds. The van der Waals surface area contributed by atoms with Crippen LogP contribution in [0, 0.1) is 5.82 Å². The van der Waals surface area contributed by atoms with E-state index in [-0.39, 0.29) is 19.6 Å².